The molecule has 0 aromatic rings. The van der Waals surface area contributed by atoms with Crippen molar-refractivity contribution in [2.75, 3.05) is 0 Å². The summed E-state index contributed by atoms with van der Waals surface area (Å²) in [4.78, 5) is 0. The van der Waals surface area contributed by atoms with Crippen molar-refractivity contribution in [2.45, 2.75) is 79.1 Å². The first kappa shape index (κ1) is 14.1. The van der Waals surface area contributed by atoms with E-state index < -0.39 is 0 Å². The van der Waals surface area contributed by atoms with E-state index in [1.165, 1.54) is 12.6 Å². The molecule has 0 amide bonds. The predicted octanol–water partition coefficient (Wildman–Crippen LogP) is 3.22. The van der Waals surface area contributed by atoms with Gasteiger partial charge in [-0.05, 0) is 65.3 Å². The Balaban J connectivity index is 2.92. The van der Waals surface area contributed by atoms with Crippen LogP contribution in [0.5, 0.6) is 0 Å². The van der Waals surface area contributed by atoms with Gasteiger partial charge in [0.15, 0.2) is 0 Å². The smallest absolute Gasteiger partial charge is 0.290 e. The van der Waals surface area contributed by atoms with Crippen LogP contribution in [0.4, 0.5) is 0 Å². The maximum Gasteiger partial charge on any atom is 0.290 e. The fourth-order valence-electron chi connectivity index (χ4n) is 3.17. The normalized spacial score (nSPS) is 20.2. The quantitative estimate of drug-likeness (QED) is 0.661. The van der Waals surface area contributed by atoms with Crippen molar-refractivity contribution >= 4 is 14.0 Å². The van der Waals surface area contributed by atoms with Crippen LogP contribution in [0.15, 0.2) is 0 Å². The summed E-state index contributed by atoms with van der Waals surface area (Å²) in [6.45, 7) is 19.8. The largest absolute Gasteiger partial charge is 0.352 e. The Kier molecular flexibility index (Phi) is 3.86. The maximum absolute atomic E-state index is 2.68. The number of rotatable bonds is 2. The van der Waals surface area contributed by atoms with Gasteiger partial charge in [-0.25, -0.2) is 0 Å². The molecule has 92 valence electrons. The van der Waals surface area contributed by atoms with Crippen molar-refractivity contribution in [3.05, 3.63) is 0 Å². The summed E-state index contributed by atoms with van der Waals surface area (Å²) in [6, 6.07) is 0. The standard InChI is InChI=1S/C12H28B2N2/c1-9-13-15(11(3,4)5)14(10-2)16(13)12(6,7)8/h9-10H2,1-8H3. The maximum atomic E-state index is 2.68. The average Bonchev–Trinajstić information content (AvgIpc) is 1.97. The van der Waals surface area contributed by atoms with E-state index in [0.717, 1.165) is 0 Å². The van der Waals surface area contributed by atoms with Crippen molar-refractivity contribution in [1.29, 1.82) is 0 Å². The van der Waals surface area contributed by atoms with Crippen LogP contribution in [0.25, 0.3) is 0 Å². The Labute approximate surface area is 103 Å². The van der Waals surface area contributed by atoms with Gasteiger partial charge < -0.3 is 9.44 Å². The summed E-state index contributed by atoms with van der Waals surface area (Å²) >= 11 is 0. The molecule has 1 aliphatic rings. The molecule has 0 aromatic carbocycles. The van der Waals surface area contributed by atoms with E-state index in [4.69, 9.17) is 0 Å². The second-order valence-corrected chi connectivity index (χ2v) is 6.93. The van der Waals surface area contributed by atoms with E-state index in [2.05, 4.69) is 64.8 Å². The van der Waals surface area contributed by atoms with E-state index in [9.17, 15) is 0 Å². The van der Waals surface area contributed by atoms with E-state index in [0.29, 0.717) is 14.0 Å². The molecule has 0 bridgehead atoms. The molecule has 0 N–H and O–H groups in total. The molecular weight excluding hydrogens is 194 g/mol. The third-order valence-electron chi connectivity index (χ3n) is 3.56. The summed E-state index contributed by atoms with van der Waals surface area (Å²) in [6.07, 6.45) is 2.43. The Hall–Kier alpha value is 0.0499. The molecule has 0 radical (unpaired) electrons. The lowest BCUT2D eigenvalue weighted by molar-refractivity contribution is 0.218. The van der Waals surface area contributed by atoms with Crippen LogP contribution in [-0.2, 0) is 0 Å². The molecule has 0 aromatic heterocycles. The first-order valence-electron chi connectivity index (χ1n) is 6.71. The van der Waals surface area contributed by atoms with Gasteiger partial charge in [0.2, 0.25) is 0 Å². The van der Waals surface area contributed by atoms with Crippen LogP contribution < -0.4 is 0 Å². The van der Waals surface area contributed by atoms with Crippen LogP contribution in [0.3, 0.4) is 0 Å². The van der Waals surface area contributed by atoms with E-state index in [1.807, 2.05) is 0 Å². The summed E-state index contributed by atoms with van der Waals surface area (Å²) in [5.74, 6) is 0. The molecule has 4 heteroatoms. The highest BCUT2D eigenvalue weighted by atomic mass is 15.4. The van der Waals surface area contributed by atoms with Crippen molar-refractivity contribution in [3.63, 3.8) is 0 Å². The van der Waals surface area contributed by atoms with Crippen LogP contribution >= 0.6 is 0 Å². The predicted molar refractivity (Wildman–Crippen MR) is 75.7 cm³/mol. The Morgan fingerprint density at radius 2 is 0.938 bits per heavy atom. The van der Waals surface area contributed by atoms with Gasteiger partial charge >= 0.3 is 0 Å². The zero-order valence-corrected chi connectivity index (χ0v) is 12.5. The van der Waals surface area contributed by atoms with Crippen molar-refractivity contribution < 1.29 is 0 Å². The monoisotopic (exact) mass is 222 g/mol. The molecule has 0 spiro atoms. The zero-order valence-electron chi connectivity index (χ0n) is 12.5. The summed E-state index contributed by atoms with van der Waals surface area (Å²) < 4.78 is 5.36. The van der Waals surface area contributed by atoms with Gasteiger partial charge in [0, 0.05) is 0 Å². The van der Waals surface area contributed by atoms with Crippen LogP contribution in [0.1, 0.15) is 55.4 Å². The number of nitrogens with zero attached hydrogens (tertiary/aromatic N) is 2. The van der Waals surface area contributed by atoms with E-state index >= 15 is 0 Å². The minimum atomic E-state index is 0.281. The first-order valence-corrected chi connectivity index (χ1v) is 6.71. The minimum Gasteiger partial charge on any atom is -0.352 e. The van der Waals surface area contributed by atoms with Crippen molar-refractivity contribution in [2.24, 2.45) is 0 Å². The lowest BCUT2D eigenvalue weighted by Gasteiger charge is -2.64. The molecule has 0 saturated carbocycles. The third kappa shape index (κ3) is 2.33. The highest BCUT2D eigenvalue weighted by Crippen LogP contribution is 2.37. The van der Waals surface area contributed by atoms with Gasteiger partial charge in [-0.1, -0.05) is 13.8 Å². The first-order chi connectivity index (χ1) is 7.14. The lowest BCUT2D eigenvalue weighted by atomic mass is 9.37. The number of hydrogen-bond donors (Lipinski definition) is 0. The van der Waals surface area contributed by atoms with Gasteiger partial charge in [0.25, 0.3) is 14.0 Å². The van der Waals surface area contributed by atoms with Gasteiger partial charge in [0.1, 0.15) is 0 Å². The van der Waals surface area contributed by atoms with Gasteiger partial charge in [-0.15, -0.1) is 0 Å². The highest BCUT2D eigenvalue weighted by Gasteiger charge is 2.57. The average molecular weight is 222 g/mol. The molecular formula is C12H28B2N2. The van der Waals surface area contributed by atoms with Crippen LogP contribution in [0.2, 0.25) is 12.6 Å². The van der Waals surface area contributed by atoms with E-state index in [1.54, 1.807) is 0 Å². The van der Waals surface area contributed by atoms with Gasteiger partial charge in [0.05, 0.1) is 0 Å². The Morgan fingerprint density at radius 1 is 0.688 bits per heavy atom. The summed E-state index contributed by atoms with van der Waals surface area (Å²) in [5, 5.41) is 0. The molecule has 0 aliphatic carbocycles. The molecule has 2 nitrogen and oxygen atoms in total. The highest BCUT2D eigenvalue weighted by molar-refractivity contribution is 6.86. The third-order valence-corrected chi connectivity index (χ3v) is 3.56. The lowest BCUT2D eigenvalue weighted by Crippen LogP contribution is -2.84. The summed E-state index contributed by atoms with van der Waals surface area (Å²) in [5.41, 5.74) is 0.562. The molecule has 1 aliphatic heterocycles. The van der Waals surface area contributed by atoms with Gasteiger partial charge in [-0.3, -0.25) is 0 Å². The van der Waals surface area contributed by atoms with Crippen molar-refractivity contribution in [1.82, 2.24) is 9.44 Å². The van der Waals surface area contributed by atoms with E-state index in [-0.39, 0.29) is 11.1 Å². The van der Waals surface area contributed by atoms with Gasteiger partial charge in [-0.2, -0.15) is 0 Å². The number of hydrogen-bond acceptors (Lipinski definition) is 2. The van der Waals surface area contributed by atoms with Crippen molar-refractivity contribution in [3.8, 4) is 0 Å². The Morgan fingerprint density at radius 3 is 1.06 bits per heavy atom. The molecule has 0 unspecified atom stereocenters. The summed E-state index contributed by atoms with van der Waals surface area (Å²) in [7, 11) is 0. The fraction of sp³-hybridized carbons (Fsp3) is 1.00. The fourth-order valence-corrected chi connectivity index (χ4v) is 3.17. The SMILES string of the molecule is CCB1N(C(C)(C)C)B(CC)N1C(C)(C)C. The molecule has 16 heavy (non-hydrogen) atoms. The topological polar surface area (TPSA) is 6.48 Å². The molecule has 1 saturated heterocycles. The zero-order chi connectivity index (χ0) is 12.7. The second-order valence-electron chi connectivity index (χ2n) is 6.93. The molecule has 1 heterocycles. The molecule has 1 rings (SSSR count). The van der Waals surface area contributed by atoms with Crippen LogP contribution in [-0.4, -0.2) is 34.5 Å². The minimum absolute atomic E-state index is 0.281. The molecule has 0 atom stereocenters. The Bertz CT molecular complexity index is 208. The van der Waals surface area contributed by atoms with Crippen LogP contribution in [0, 0.1) is 0 Å². The second kappa shape index (κ2) is 4.38. The molecule has 1 fully saturated rings.